The van der Waals surface area contributed by atoms with Gasteiger partial charge in [-0.15, -0.1) is 0 Å². The topological polar surface area (TPSA) is 157 Å². The Bertz CT molecular complexity index is 2070. The number of aliphatic hydroxyl groups excluding tert-OH is 1. The summed E-state index contributed by atoms with van der Waals surface area (Å²) in [6, 6.07) is -10.4. The second-order valence-corrected chi connectivity index (χ2v) is 5.78. The molecule has 0 amide bonds. The molecule has 3 aromatic rings. The van der Waals surface area contributed by atoms with E-state index in [0.29, 0.717) is 0 Å². The van der Waals surface area contributed by atoms with E-state index in [1.165, 1.54) is 10.6 Å². The number of aromatic hydroxyl groups is 3. The van der Waals surface area contributed by atoms with E-state index in [1.807, 2.05) is 5.32 Å². The number of nitrogens with one attached hydrogen (secondary N) is 3. The van der Waals surface area contributed by atoms with Gasteiger partial charge in [-0.25, -0.2) is 0 Å². The summed E-state index contributed by atoms with van der Waals surface area (Å²) in [5, 5.41) is 63.2. The molecule has 0 saturated heterocycles. The molecule has 0 aliphatic carbocycles. The number of rotatable bonds is 9. The van der Waals surface area contributed by atoms with Crippen molar-refractivity contribution in [1.29, 1.82) is 0 Å². The van der Waals surface area contributed by atoms with Crippen LogP contribution in [0, 0.1) is 0 Å². The molecular weight excluding hydrogens is 462 g/mol. The van der Waals surface area contributed by atoms with Crippen molar-refractivity contribution < 1.29 is 67.6 Å². The average Bonchev–Trinajstić information content (AvgIpc) is 3.10. The summed E-state index contributed by atoms with van der Waals surface area (Å²) in [6.07, 6.45) is -8.48. The highest BCUT2D eigenvalue weighted by atomic mass is 16.3. The third-order valence-corrected chi connectivity index (χ3v) is 3.30. The summed E-state index contributed by atoms with van der Waals surface area (Å²) < 4.78 is 197. The molecule has 0 heterocycles. The molecule has 0 aliphatic rings. The van der Waals surface area contributed by atoms with Gasteiger partial charge >= 0.3 is 0 Å². The van der Waals surface area contributed by atoms with Crippen molar-refractivity contribution in [2.75, 3.05) is 40.5 Å². The first kappa shape index (κ1) is 9.29. The lowest BCUT2D eigenvalue weighted by Crippen LogP contribution is -2.16. The summed E-state index contributed by atoms with van der Waals surface area (Å²) in [4.78, 5) is 0. The maximum atomic E-state index is 10.1. The molecule has 3 rings (SSSR count). The van der Waals surface area contributed by atoms with Gasteiger partial charge in [0.25, 0.3) is 0 Å². The Morgan fingerprint density at radius 1 is 0.694 bits per heavy atom. The van der Waals surface area contributed by atoms with E-state index in [-0.39, 0.29) is 0 Å². The maximum absolute atomic E-state index is 10.1. The van der Waals surface area contributed by atoms with Crippen LogP contribution in [-0.4, -0.2) is 71.1 Å². The van der Waals surface area contributed by atoms with Gasteiger partial charge in [0.15, 0.2) is 0 Å². The molecule has 0 radical (unpaired) electrons. The summed E-state index contributed by atoms with van der Waals surface area (Å²) in [7, 11) is 0. The highest BCUT2D eigenvalue weighted by Crippen LogP contribution is 2.18. The predicted octanol–water partition coefficient (Wildman–Crippen LogP) is 1.94. The molecule has 0 bridgehead atoms. The first-order chi connectivity index (χ1) is 27.8. The molecule has 0 spiro atoms. The zero-order valence-corrected chi connectivity index (χ0v) is 18.0. The van der Waals surface area contributed by atoms with Crippen molar-refractivity contribution in [3.05, 3.63) is 89.2 Å². The Balaban J connectivity index is 0.000000473. The summed E-state index contributed by atoms with van der Waals surface area (Å²) in [6.45, 7) is -15.8. The number of hydrogen-bond donors (Lipinski definition) is 9. The smallest absolute Gasteiger partial charge is 0.115 e. The van der Waals surface area contributed by atoms with Gasteiger partial charge in [0.1, 0.15) is 17.2 Å². The molecule has 0 unspecified atom stereocenters. The SMILES string of the molecule is [2H]c1c([2H])c(O)c([2H])c([C@H](O)C([2H])([2H])NC([2H])([2H])[2H])c1[2H].[2H]c1c([2H])c(O)c([2H])c([C@]([2H])(O)C([2H])([2H])NC([2H])([2H])[2H])c1[2H].[2H]c1c([2H])c(O)c([2H])c([C@]([2H])(O)CNC([2H])([2H])[2H])c1[2H]. The van der Waals surface area contributed by atoms with Crippen molar-refractivity contribution in [3.63, 3.8) is 0 Å². The fraction of sp³-hybridized carbons (Fsp3) is 0.333. The van der Waals surface area contributed by atoms with Gasteiger partial charge in [0, 0.05) is 37.4 Å². The third kappa shape index (κ3) is 12.0. The van der Waals surface area contributed by atoms with E-state index in [1.54, 1.807) is 0 Å². The van der Waals surface area contributed by atoms with Gasteiger partial charge in [-0.1, -0.05) is 36.3 Å². The Hall–Kier alpha value is -3.18. The molecule has 9 nitrogen and oxygen atoms in total. The minimum absolute atomic E-state index is 0.729. The fourth-order valence-electron chi connectivity index (χ4n) is 1.85. The molecule has 0 saturated carbocycles. The number of phenolic OH excluding ortho intramolecular Hbond substituents is 3. The van der Waals surface area contributed by atoms with Crippen molar-refractivity contribution in [3.8, 4) is 17.2 Å². The van der Waals surface area contributed by atoms with Crippen molar-refractivity contribution in [2.24, 2.45) is 0 Å². The molecule has 9 heteroatoms. The molecule has 36 heavy (non-hydrogen) atoms. The molecule has 9 N–H and O–H groups in total. The van der Waals surface area contributed by atoms with Gasteiger partial charge in [0.05, 0.1) is 37.5 Å². The van der Waals surface area contributed by atoms with Crippen molar-refractivity contribution in [2.45, 2.75) is 18.3 Å². The summed E-state index contributed by atoms with van der Waals surface area (Å²) in [5.41, 5.74) is -2.62. The minimum atomic E-state index is -3.48. The molecule has 3 aromatic carbocycles. The van der Waals surface area contributed by atoms with E-state index in [2.05, 4.69) is 0 Å². The number of benzene rings is 3. The largest absolute Gasteiger partial charge is 0.508 e. The highest BCUT2D eigenvalue weighted by Gasteiger charge is 2.07. The second kappa shape index (κ2) is 17.3. The molecule has 0 fully saturated rings. The average molecular weight is 529 g/mol. The molecule has 3 atom stereocenters. The number of likely N-dealkylation sites (N-methyl/N-ethyl adjacent to an activating group) is 3. The van der Waals surface area contributed by atoms with Crippen LogP contribution in [0.3, 0.4) is 0 Å². The molecule has 198 valence electrons. The van der Waals surface area contributed by atoms with Crippen molar-refractivity contribution >= 4 is 0 Å². The van der Waals surface area contributed by atoms with Crippen LogP contribution < -0.4 is 16.0 Å². The van der Waals surface area contributed by atoms with Gasteiger partial charge in [0.2, 0.25) is 0 Å². The van der Waals surface area contributed by atoms with Gasteiger partial charge in [-0.3, -0.25) is 0 Å². The zero-order chi connectivity index (χ0) is 50.3. The minimum Gasteiger partial charge on any atom is -0.508 e. The van der Waals surface area contributed by atoms with E-state index in [0.717, 1.165) is 0 Å². The Morgan fingerprint density at radius 2 is 1.14 bits per heavy atom. The van der Waals surface area contributed by atoms with Crippen LogP contribution in [0.1, 0.15) is 72.0 Å². The van der Waals surface area contributed by atoms with E-state index in [9.17, 15) is 30.6 Å². The highest BCUT2D eigenvalue weighted by molar-refractivity contribution is 5.30. The zero-order valence-electron chi connectivity index (χ0n) is 45.0. The van der Waals surface area contributed by atoms with Gasteiger partial charge in [-0.2, -0.15) is 0 Å². The first-order valence-electron chi connectivity index (χ1n) is 22.7. The standard InChI is InChI=1S/3C9H13NO2/c3*1-10-6-9(12)7-3-2-4-8(11)5-7/h3*2-5,9-12H,6H2,1H3/t3*9-/m111/s1/i1D3,2D,3D,4D,5D,6D2,9D;1D3,2D,3D,4D,5D,9D;1D3,2D,3D,4D,5D,6D2. The molecular formula is C27H39N3O6. The summed E-state index contributed by atoms with van der Waals surface area (Å²) in [5.74, 6) is -3.05. The third-order valence-electron chi connectivity index (χ3n) is 3.30. The second-order valence-electron chi connectivity index (χ2n) is 5.78. The van der Waals surface area contributed by atoms with E-state index >= 15 is 0 Å². The Labute approximate surface area is 250 Å². The molecule has 0 aliphatic heterocycles. The van der Waals surface area contributed by atoms with E-state index < -0.39 is 165 Å². The fourth-order valence-corrected chi connectivity index (χ4v) is 1.85. The van der Waals surface area contributed by atoms with Crippen LogP contribution in [0.4, 0.5) is 0 Å². The normalized spacial score (nSPS) is 27.2. The van der Waals surface area contributed by atoms with Crippen LogP contribution in [0.15, 0.2) is 72.5 Å². The molecule has 0 aromatic heterocycles. The maximum Gasteiger partial charge on any atom is 0.115 e. The lowest BCUT2D eigenvalue weighted by atomic mass is 10.1. The monoisotopic (exact) mass is 528 g/mol. The van der Waals surface area contributed by atoms with Gasteiger partial charge < -0.3 is 46.6 Å². The number of hydrogen-bond acceptors (Lipinski definition) is 9. The lowest BCUT2D eigenvalue weighted by molar-refractivity contribution is 0.177. The number of aliphatic hydroxyl groups is 3. The van der Waals surface area contributed by atoms with Crippen LogP contribution in [0.25, 0.3) is 0 Å². The summed E-state index contributed by atoms with van der Waals surface area (Å²) >= 11 is 0. The first-order valence-corrected chi connectivity index (χ1v) is 9.16. The van der Waals surface area contributed by atoms with Crippen LogP contribution in [0.2, 0.25) is 0 Å². The van der Waals surface area contributed by atoms with Crippen LogP contribution in [0.5, 0.6) is 17.2 Å². The van der Waals surface area contributed by atoms with Crippen LogP contribution >= 0.6 is 0 Å². The van der Waals surface area contributed by atoms with E-state index in [4.69, 9.17) is 37.0 Å². The van der Waals surface area contributed by atoms with Crippen LogP contribution in [-0.2, 0) is 0 Å². The Morgan fingerprint density at radius 3 is 1.67 bits per heavy atom. The van der Waals surface area contributed by atoms with Gasteiger partial charge in [-0.05, 0) is 73.9 Å². The quantitative estimate of drug-likeness (QED) is 0.202. The van der Waals surface area contributed by atoms with Crippen molar-refractivity contribution in [1.82, 2.24) is 16.0 Å². The Kier molecular flexibility index (Phi) is 4.46. The lowest BCUT2D eigenvalue weighted by Gasteiger charge is -2.09. The number of phenols is 3. The predicted molar refractivity (Wildman–Crippen MR) is 141 cm³/mol.